The Morgan fingerprint density at radius 3 is 2.29 bits per heavy atom. The maximum absolute atomic E-state index is 11.9. The van der Waals surface area contributed by atoms with E-state index in [1.807, 2.05) is 20.8 Å². The van der Waals surface area contributed by atoms with Gasteiger partial charge in [-0.15, -0.1) is 0 Å². The lowest BCUT2D eigenvalue weighted by Gasteiger charge is -2.18. The molecule has 0 heterocycles. The predicted octanol–water partition coefficient (Wildman–Crippen LogP) is 2.33. The number of sulfonamides is 1. The van der Waals surface area contributed by atoms with Gasteiger partial charge in [0.05, 0.1) is 5.75 Å². The average Bonchev–Trinajstić information content (AvgIpc) is 2.35. The van der Waals surface area contributed by atoms with Gasteiger partial charge in [-0.1, -0.05) is 20.8 Å². The Morgan fingerprint density at radius 2 is 1.81 bits per heavy atom. The van der Waals surface area contributed by atoms with Crippen LogP contribution in [0.2, 0.25) is 0 Å². The first kappa shape index (κ1) is 17.3. The van der Waals surface area contributed by atoms with Gasteiger partial charge in [0.25, 0.3) is 0 Å². The number of carboxylic acids is 1. The third-order valence-corrected chi connectivity index (χ3v) is 3.90. The standard InChI is InChI=1S/C14H21NO5S/c1-14(2,3)8-9-21(18,19)15-11-4-6-12(7-5-11)20-10-13(16)17/h4-7,15H,8-10H2,1-3H3,(H,16,17). The molecule has 0 amide bonds. The third-order valence-electron chi connectivity index (χ3n) is 2.61. The van der Waals surface area contributed by atoms with Gasteiger partial charge in [-0.05, 0) is 36.1 Å². The van der Waals surface area contributed by atoms with E-state index in [1.54, 1.807) is 0 Å². The number of rotatable bonds is 7. The Kier molecular flexibility index (Phi) is 5.60. The average molecular weight is 315 g/mol. The fourth-order valence-corrected chi connectivity index (χ4v) is 2.91. The molecule has 0 aliphatic rings. The molecule has 21 heavy (non-hydrogen) atoms. The molecule has 118 valence electrons. The molecule has 0 aliphatic carbocycles. The van der Waals surface area contributed by atoms with Crippen LogP contribution in [0, 0.1) is 5.41 Å². The van der Waals surface area contributed by atoms with Crippen molar-refractivity contribution in [2.24, 2.45) is 5.41 Å². The van der Waals surface area contributed by atoms with Gasteiger partial charge < -0.3 is 9.84 Å². The lowest BCUT2D eigenvalue weighted by molar-refractivity contribution is -0.139. The van der Waals surface area contributed by atoms with Crippen LogP contribution < -0.4 is 9.46 Å². The molecule has 0 radical (unpaired) electrons. The van der Waals surface area contributed by atoms with Crippen molar-refractivity contribution in [3.63, 3.8) is 0 Å². The van der Waals surface area contributed by atoms with Crippen molar-refractivity contribution < 1.29 is 23.1 Å². The highest BCUT2D eigenvalue weighted by atomic mass is 32.2. The molecule has 0 saturated carbocycles. The van der Waals surface area contributed by atoms with Crippen molar-refractivity contribution in [2.75, 3.05) is 17.1 Å². The molecule has 0 saturated heterocycles. The first-order valence-corrected chi connectivity index (χ1v) is 8.18. The molecule has 6 nitrogen and oxygen atoms in total. The van der Waals surface area contributed by atoms with Crippen LogP contribution in [-0.2, 0) is 14.8 Å². The summed E-state index contributed by atoms with van der Waals surface area (Å²) in [6, 6.07) is 6.10. The van der Waals surface area contributed by atoms with Crippen molar-refractivity contribution in [2.45, 2.75) is 27.2 Å². The predicted molar refractivity (Wildman–Crippen MR) is 81.1 cm³/mol. The van der Waals surface area contributed by atoms with Crippen LogP contribution in [0.5, 0.6) is 5.75 Å². The summed E-state index contributed by atoms with van der Waals surface area (Å²) in [6.07, 6.45) is 0.558. The molecule has 7 heteroatoms. The van der Waals surface area contributed by atoms with Crippen molar-refractivity contribution in [3.05, 3.63) is 24.3 Å². The summed E-state index contributed by atoms with van der Waals surface area (Å²) in [5.41, 5.74) is 0.370. The molecule has 0 aromatic heterocycles. The Balaban J connectivity index is 2.60. The summed E-state index contributed by atoms with van der Waals surface area (Å²) in [7, 11) is -3.39. The van der Waals surface area contributed by atoms with Crippen molar-refractivity contribution in [1.29, 1.82) is 0 Å². The fourth-order valence-electron chi connectivity index (χ4n) is 1.44. The highest BCUT2D eigenvalue weighted by Crippen LogP contribution is 2.21. The molecule has 1 rings (SSSR count). The molecule has 0 fully saturated rings. The van der Waals surface area contributed by atoms with Crippen molar-refractivity contribution in [3.8, 4) is 5.75 Å². The van der Waals surface area contributed by atoms with Gasteiger partial charge in [-0.25, -0.2) is 13.2 Å². The number of carboxylic acid groups (broad SMARTS) is 1. The minimum atomic E-state index is -3.39. The number of benzene rings is 1. The van der Waals surface area contributed by atoms with E-state index in [1.165, 1.54) is 24.3 Å². The van der Waals surface area contributed by atoms with Crippen LogP contribution in [0.4, 0.5) is 5.69 Å². The first-order valence-electron chi connectivity index (χ1n) is 6.53. The van der Waals surface area contributed by atoms with Crippen molar-refractivity contribution in [1.82, 2.24) is 0 Å². The zero-order chi connectivity index (χ0) is 16.1. The second-order valence-electron chi connectivity index (χ2n) is 5.94. The second-order valence-corrected chi connectivity index (χ2v) is 7.78. The number of anilines is 1. The minimum absolute atomic E-state index is 0.0494. The number of hydrogen-bond acceptors (Lipinski definition) is 4. The maximum atomic E-state index is 11.9. The normalized spacial score (nSPS) is 12.0. The van der Waals surface area contributed by atoms with E-state index in [2.05, 4.69) is 4.72 Å². The zero-order valence-corrected chi connectivity index (χ0v) is 13.2. The molecular formula is C14H21NO5S. The summed E-state index contributed by atoms with van der Waals surface area (Å²) in [5, 5.41) is 8.49. The number of carbonyl (C=O) groups is 1. The highest BCUT2D eigenvalue weighted by Gasteiger charge is 2.17. The van der Waals surface area contributed by atoms with E-state index in [-0.39, 0.29) is 11.2 Å². The van der Waals surface area contributed by atoms with Gasteiger partial charge in [0.2, 0.25) is 10.0 Å². The Hall–Kier alpha value is -1.76. The zero-order valence-electron chi connectivity index (χ0n) is 12.4. The van der Waals surface area contributed by atoms with Gasteiger partial charge in [0.1, 0.15) is 5.75 Å². The maximum Gasteiger partial charge on any atom is 0.341 e. The summed E-state index contributed by atoms with van der Waals surface area (Å²) in [4.78, 5) is 10.4. The van der Waals surface area contributed by atoms with Gasteiger partial charge in [0, 0.05) is 5.69 Å². The van der Waals surface area contributed by atoms with Gasteiger partial charge in [-0.3, -0.25) is 4.72 Å². The summed E-state index contributed by atoms with van der Waals surface area (Å²) >= 11 is 0. The third kappa shape index (κ3) is 7.55. The van der Waals surface area contributed by atoms with Gasteiger partial charge in [0.15, 0.2) is 6.61 Å². The van der Waals surface area contributed by atoms with Gasteiger partial charge >= 0.3 is 5.97 Å². The molecule has 0 unspecified atom stereocenters. The van der Waals surface area contributed by atoms with E-state index in [4.69, 9.17) is 9.84 Å². The van der Waals surface area contributed by atoms with E-state index >= 15 is 0 Å². The molecule has 0 spiro atoms. The molecular weight excluding hydrogens is 294 g/mol. The van der Waals surface area contributed by atoms with E-state index < -0.39 is 22.6 Å². The van der Waals surface area contributed by atoms with Crippen LogP contribution in [-0.4, -0.2) is 31.9 Å². The second kappa shape index (κ2) is 6.80. The molecule has 1 aromatic rings. The summed E-state index contributed by atoms with van der Waals surface area (Å²) in [6.45, 7) is 5.52. The molecule has 0 bridgehead atoms. The van der Waals surface area contributed by atoms with Crippen molar-refractivity contribution >= 4 is 21.7 Å². The number of hydrogen-bond donors (Lipinski definition) is 2. The minimum Gasteiger partial charge on any atom is -0.482 e. The molecule has 0 aliphatic heterocycles. The summed E-state index contributed by atoms with van der Waals surface area (Å²) in [5.74, 6) is -0.648. The first-order chi connectivity index (χ1) is 9.57. The lowest BCUT2D eigenvalue weighted by Crippen LogP contribution is -2.20. The van der Waals surface area contributed by atoms with E-state index in [0.29, 0.717) is 17.9 Å². The smallest absolute Gasteiger partial charge is 0.341 e. The lowest BCUT2D eigenvalue weighted by atomic mass is 9.94. The Labute approximate surface area is 125 Å². The topological polar surface area (TPSA) is 92.7 Å². The Bertz CT molecular complexity index is 572. The largest absolute Gasteiger partial charge is 0.482 e. The molecule has 2 N–H and O–H groups in total. The van der Waals surface area contributed by atoms with Crippen LogP contribution in [0.3, 0.4) is 0 Å². The number of aliphatic carboxylic acids is 1. The molecule has 1 aromatic carbocycles. The van der Waals surface area contributed by atoms with Crippen LogP contribution in [0.1, 0.15) is 27.2 Å². The highest BCUT2D eigenvalue weighted by molar-refractivity contribution is 7.92. The monoisotopic (exact) mass is 315 g/mol. The van der Waals surface area contributed by atoms with E-state index in [0.717, 1.165) is 0 Å². The Morgan fingerprint density at radius 1 is 1.24 bits per heavy atom. The summed E-state index contributed by atoms with van der Waals surface area (Å²) < 4.78 is 31.3. The molecule has 0 atom stereocenters. The van der Waals surface area contributed by atoms with Crippen LogP contribution >= 0.6 is 0 Å². The van der Waals surface area contributed by atoms with Crippen LogP contribution in [0.25, 0.3) is 0 Å². The fraction of sp³-hybridized carbons (Fsp3) is 0.500. The SMILES string of the molecule is CC(C)(C)CCS(=O)(=O)Nc1ccc(OCC(=O)O)cc1. The van der Waals surface area contributed by atoms with E-state index in [9.17, 15) is 13.2 Å². The van der Waals surface area contributed by atoms with Crippen LogP contribution in [0.15, 0.2) is 24.3 Å². The number of ether oxygens (including phenoxy) is 1. The number of nitrogens with one attached hydrogen (secondary N) is 1. The quantitative estimate of drug-likeness (QED) is 0.805. The van der Waals surface area contributed by atoms with Gasteiger partial charge in [-0.2, -0.15) is 0 Å².